The normalized spacial score (nSPS) is 25.0. The molecule has 1 atom stereocenters. The summed E-state index contributed by atoms with van der Waals surface area (Å²) >= 11 is 0. The van der Waals surface area contributed by atoms with Crippen molar-refractivity contribution in [3.63, 3.8) is 0 Å². The van der Waals surface area contributed by atoms with E-state index in [1.807, 2.05) is 19.1 Å². The van der Waals surface area contributed by atoms with Gasteiger partial charge >= 0.3 is 0 Å². The van der Waals surface area contributed by atoms with E-state index in [4.69, 9.17) is 4.74 Å². The molecule has 2 nitrogen and oxygen atoms in total. The highest BCUT2D eigenvalue weighted by Gasteiger charge is 2.30. The maximum absolute atomic E-state index is 15.2. The highest BCUT2D eigenvalue weighted by molar-refractivity contribution is 5.32. The van der Waals surface area contributed by atoms with Gasteiger partial charge in [0.2, 0.25) is 0 Å². The Balaban J connectivity index is 1.28. The molecule has 2 aliphatic rings. The number of aliphatic hydroxyl groups is 1. The molecule has 2 aromatic carbocycles. The summed E-state index contributed by atoms with van der Waals surface area (Å²) in [7, 11) is 0. The van der Waals surface area contributed by atoms with Crippen LogP contribution >= 0.6 is 0 Å². The summed E-state index contributed by atoms with van der Waals surface area (Å²) in [5.74, 6) is -0.245. The lowest BCUT2D eigenvalue weighted by Gasteiger charge is -2.32. The lowest BCUT2D eigenvalue weighted by molar-refractivity contribution is 0.0963. The number of halogens is 3. The summed E-state index contributed by atoms with van der Waals surface area (Å²) in [4.78, 5) is 0. The van der Waals surface area contributed by atoms with Crippen LogP contribution in [-0.2, 0) is 6.42 Å². The van der Waals surface area contributed by atoms with Crippen molar-refractivity contribution in [2.75, 3.05) is 6.61 Å². The molecular formula is C32H41F3O2. The average molecular weight is 515 g/mol. The summed E-state index contributed by atoms with van der Waals surface area (Å²) in [6, 6.07) is 8.70. The first kappa shape index (κ1) is 27.8. The van der Waals surface area contributed by atoms with Crippen molar-refractivity contribution in [3.05, 3.63) is 77.1 Å². The Morgan fingerprint density at radius 2 is 1.51 bits per heavy atom. The molecule has 5 heteroatoms. The predicted molar refractivity (Wildman–Crippen MR) is 142 cm³/mol. The first-order valence-electron chi connectivity index (χ1n) is 14.0. The van der Waals surface area contributed by atoms with Gasteiger partial charge in [0, 0.05) is 6.07 Å². The van der Waals surface area contributed by atoms with Gasteiger partial charge in [-0.15, -0.1) is 6.58 Å². The van der Waals surface area contributed by atoms with Crippen molar-refractivity contribution >= 4 is 0 Å². The first-order valence-corrected chi connectivity index (χ1v) is 14.0. The molecular weight excluding hydrogens is 473 g/mol. The molecule has 4 rings (SSSR count). The Labute approximate surface area is 219 Å². The van der Waals surface area contributed by atoms with Gasteiger partial charge in [0.1, 0.15) is 11.6 Å². The minimum atomic E-state index is -0.674. The van der Waals surface area contributed by atoms with Gasteiger partial charge in [0.25, 0.3) is 0 Å². The number of ether oxygens (including phenoxy) is 1. The van der Waals surface area contributed by atoms with Crippen molar-refractivity contribution < 1.29 is 23.0 Å². The maximum atomic E-state index is 15.2. The molecule has 0 spiro atoms. The summed E-state index contributed by atoms with van der Waals surface area (Å²) in [6.07, 6.45) is 10.6. The van der Waals surface area contributed by atoms with Crippen LogP contribution in [0.1, 0.15) is 99.7 Å². The largest absolute Gasteiger partial charge is 0.493 e. The molecule has 37 heavy (non-hydrogen) atoms. The van der Waals surface area contributed by atoms with E-state index in [2.05, 4.69) is 6.58 Å². The van der Waals surface area contributed by atoms with Crippen LogP contribution in [0.4, 0.5) is 13.2 Å². The van der Waals surface area contributed by atoms with Crippen LogP contribution in [0, 0.1) is 29.3 Å². The monoisotopic (exact) mass is 514 g/mol. The van der Waals surface area contributed by atoms with Crippen molar-refractivity contribution in [1.29, 1.82) is 0 Å². The molecule has 0 amide bonds. The van der Waals surface area contributed by atoms with E-state index in [1.54, 1.807) is 18.2 Å². The Bertz CT molecular complexity index is 1030. The number of benzene rings is 2. The molecule has 2 aromatic rings. The number of hydrogen-bond donors (Lipinski definition) is 1. The van der Waals surface area contributed by atoms with Gasteiger partial charge in [-0.1, -0.05) is 24.3 Å². The third-order valence-electron chi connectivity index (χ3n) is 8.76. The highest BCUT2D eigenvalue weighted by atomic mass is 19.2. The second-order valence-electron chi connectivity index (χ2n) is 11.2. The van der Waals surface area contributed by atoms with Crippen LogP contribution < -0.4 is 4.74 Å². The quantitative estimate of drug-likeness (QED) is 0.254. The van der Waals surface area contributed by atoms with Crippen LogP contribution in [-0.4, -0.2) is 17.8 Å². The van der Waals surface area contributed by atoms with E-state index in [0.29, 0.717) is 41.4 Å². The Morgan fingerprint density at radius 3 is 2.05 bits per heavy atom. The molecule has 0 bridgehead atoms. The number of aliphatic hydroxyl groups excluding tert-OH is 1. The number of rotatable bonds is 10. The third-order valence-corrected chi connectivity index (χ3v) is 8.76. The van der Waals surface area contributed by atoms with Crippen molar-refractivity contribution in [1.82, 2.24) is 0 Å². The second kappa shape index (κ2) is 13.0. The molecule has 2 saturated carbocycles. The van der Waals surface area contributed by atoms with Crippen molar-refractivity contribution in [2.45, 2.75) is 95.5 Å². The molecule has 0 aliphatic heterocycles. The molecule has 2 aliphatic carbocycles. The van der Waals surface area contributed by atoms with Crippen LogP contribution in [0.3, 0.4) is 0 Å². The molecule has 202 valence electrons. The Kier molecular flexibility index (Phi) is 9.75. The second-order valence-corrected chi connectivity index (χ2v) is 11.2. The highest BCUT2D eigenvalue weighted by Crippen LogP contribution is 2.42. The van der Waals surface area contributed by atoms with Gasteiger partial charge in [0.05, 0.1) is 12.7 Å². The third kappa shape index (κ3) is 6.98. The summed E-state index contributed by atoms with van der Waals surface area (Å²) in [5, 5.41) is 9.82. The van der Waals surface area contributed by atoms with E-state index in [9.17, 15) is 9.50 Å². The molecule has 0 saturated heterocycles. The molecule has 0 radical (unpaired) electrons. The van der Waals surface area contributed by atoms with Crippen molar-refractivity contribution in [2.24, 2.45) is 11.8 Å². The van der Waals surface area contributed by atoms with E-state index in [0.717, 1.165) is 64.2 Å². The Hall–Kier alpha value is -2.27. The fraction of sp³-hybridized carbons (Fsp3) is 0.562. The zero-order valence-corrected chi connectivity index (χ0v) is 22.0. The molecule has 1 unspecified atom stereocenters. The fourth-order valence-electron chi connectivity index (χ4n) is 6.32. The molecule has 2 fully saturated rings. The van der Waals surface area contributed by atoms with Crippen LogP contribution in [0.15, 0.2) is 43.0 Å². The van der Waals surface area contributed by atoms with Crippen LogP contribution in [0.2, 0.25) is 0 Å². The van der Waals surface area contributed by atoms with E-state index in [1.165, 1.54) is 6.07 Å². The van der Waals surface area contributed by atoms with Gasteiger partial charge in [-0.25, -0.2) is 13.2 Å². The maximum Gasteiger partial charge on any atom is 0.162 e. The number of hydrogen-bond acceptors (Lipinski definition) is 2. The van der Waals surface area contributed by atoms with Gasteiger partial charge in [0.15, 0.2) is 11.6 Å². The lowest BCUT2D eigenvalue weighted by atomic mass is 9.74. The van der Waals surface area contributed by atoms with E-state index < -0.39 is 11.6 Å². The predicted octanol–water partition coefficient (Wildman–Crippen LogP) is 8.62. The van der Waals surface area contributed by atoms with E-state index >= 15 is 8.78 Å². The SMILES string of the molecule is C=CCCOc1ccc(CCC2CCC(c3ccc(C4CCC(C(C)O)CC4)c(F)c3F)CC2)c(F)c1. The molecule has 0 heterocycles. The fourth-order valence-corrected chi connectivity index (χ4v) is 6.32. The average Bonchev–Trinajstić information content (AvgIpc) is 2.90. The molecule has 1 N–H and O–H groups in total. The van der Waals surface area contributed by atoms with Gasteiger partial charge in [-0.2, -0.15) is 0 Å². The van der Waals surface area contributed by atoms with E-state index in [-0.39, 0.29) is 29.7 Å². The lowest BCUT2D eigenvalue weighted by Crippen LogP contribution is -2.23. The van der Waals surface area contributed by atoms with Gasteiger partial charge in [-0.05, 0) is 124 Å². The first-order chi connectivity index (χ1) is 17.9. The molecule has 0 aromatic heterocycles. The standard InChI is InChI=1S/C32H41F3O2/c1-3-4-19-37-27-16-15-26(30(33)20-27)10-7-22-5-8-24(9-6-22)28-17-18-29(32(35)31(28)34)25-13-11-23(12-14-25)21(2)36/h3,15-18,20-25,36H,1,4-14,19H2,2H3. The van der Waals surface area contributed by atoms with Crippen LogP contribution in [0.5, 0.6) is 5.75 Å². The minimum absolute atomic E-state index is 0.0301. The van der Waals surface area contributed by atoms with Gasteiger partial charge < -0.3 is 9.84 Å². The number of aryl methyl sites for hydroxylation is 1. The summed E-state index contributed by atoms with van der Waals surface area (Å²) in [6.45, 7) is 5.96. The topological polar surface area (TPSA) is 29.5 Å². The van der Waals surface area contributed by atoms with Crippen LogP contribution in [0.25, 0.3) is 0 Å². The summed E-state index contributed by atoms with van der Waals surface area (Å²) in [5.41, 5.74) is 1.71. The van der Waals surface area contributed by atoms with Crippen molar-refractivity contribution in [3.8, 4) is 5.75 Å². The smallest absolute Gasteiger partial charge is 0.162 e. The Morgan fingerprint density at radius 1 is 0.919 bits per heavy atom. The van der Waals surface area contributed by atoms with Gasteiger partial charge in [-0.3, -0.25) is 0 Å². The zero-order valence-electron chi connectivity index (χ0n) is 22.0. The zero-order chi connectivity index (χ0) is 26.4. The summed E-state index contributed by atoms with van der Waals surface area (Å²) < 4.78 is 50.3. The minimum Gasteiger partial charge on any atom is -0.493 e.